The number of para-hydroxylation sites is 1. The number of hydrogen-bond donors (Lipinski definition) is 0. The van der Waals surface area contributed by atoms with E-state index >= 15 is 0 Å². The van der Waals surface area contributed by atoms with Gasteiger partial charge in [-0.3, -0.25) is 9.59 Å². The summed E-state index contributed by atoms with van der Waals surface area (Å²) in [5, 5.41) is 0.484. The standard InChI is InChI=1S/C19H15NO4/c1-20-16(11-7-9-12(23-2)10-8-11)15-17(21)13-5-3-4-6-14(13)24-18(15)19(20)22/h3-10,16H,1-2H3/t16-/m0/s1. The van der Waals surface area contributed by atoms with Crippen LogP contribution in [0.2, 0.25) is 0 Å². The number of nitrogens with zero attached hydrogens (tertiary/aromatic N) is 1. The summed E-state index contributed by atoms with van der Waals surface area (Å²) in [6, 6.07) is 13.9. The molecule has 1 amide bonds. The molecule has 0 spiro atoms. The zero-order valence-electron chi connectivity index (χ0n) is 13.3. The fourth-order valence-corrected chi connectivity index (χ4v) is 3.21. The molecule has 0 unspecified atom stereocenters. The Morgan fingerprint density at radius 1 is 1.04 bits per heavy atom. The van der Waals surface area contributed by atoms with Crippen LogP contribution in [0.5, 0.6) is 5.75 Å². The van der Waals surface area contributed by atoms with E-state index in [-0.39, 0.29) is 17.1 Å². The van der Waals surface area contributed by atoms with E-state index in [0.717, 1.165) is 11.3 Å². The lowest BCUT2D eigenvalue weighted by atomic mass is 9.99. The van der Waals surface area contributed by atoms with E-state index in [2.05, 4.69) is 0 Å². The Bertz CT molecular complexity index is 1000. The molecule has 2 heterocycles. The Morgan fingerprint density at radius 3 is 2.46 bits per heavy atom. The Morgan fingerprint density at radius 2 is 1.75 bits per heavy atom. The first-order valence-corrected chi connectivity index (χ1v) is 7.58. The number of carbonyl (C=O) groups excluding carboxylic acids is 1. The molecule has 5 nitrogen and oxygen atoms in total. The van der Waals surface area contributed by atoms with Crippen molar-refractivity contribution in [3.63, 3.8) is 0 Å². The van der Waals surface area contributed by atoms with Gasteiger partial charge in [0.25, 0.3) is 5.91 Å². The lowest BCUT2D eigenvalue weighted by molar-refractivity contribution is 0.0771. The molecule has 1 aliphatic heterocycles. The third-order valence-electron chi connectivity index (χ3n) is 4.44. The van der Waals surface area contributed by atoms with Gasteiger partial charge in [0, 0.05) is 7.05 Å². The average Bonchev–Trinajstić information content (AvgIpc) is 2.87. The van der Waals surface area contributed by atoms with Gasteiger partial charge in [-0.2, -0.15) is 0 Å². The number of methoxy groups -OCH3 is 1. The zero-order valence-corrected chi connectivity index (χ0v) is 13.3. The molecule has 1 atom stereocenters. The number of ether oxygens (including phenoxy) is 1. The number of carbonyl (C=O) groups is 1. The van der Waals surface area contributed by atoms with Crippen LogP contribution in [0.15, 0.2) is 57.7 Å². The molecule has 1 aliphatic rings. The number of rotatable bonds is 2. The summed E-state index contributed by atoms with van der Waals surface area (Å²) in [5.74, 6) is 0.562. The van der Waals surface area contributed by atoms with E-state index < -0.39 is 6.04 Å². The first-order valence-electron chi connectivity index (χ1n) is 7.58. The van der Waals surface area contributed by atoms with Gasteiger partial charge in [0.05, 0.1) is 24.1 Å². The number of benzene rings is 2. The maximum Gasteiger partial charge on any atom is 0.290 e. The van der Waals surface area contributed by atoms with Crippen LogP contribution in [0.3, 0.4) is 0 Å². The summed E-state index contributed by atoms with van der Waals surface area (Å²) in [5.41, 5.74) is 1.50. The predicted molar refractivity (Wildman–Crippen MR) is 89.4 cm³/mol. The van der Waals surface area contributed by atoms with Crippen molar-refractivity contribution in [2.75, 3.05) is 14.2 Å². The lowest BCUT2D eigenvalue weighted by Crippen LogP contribution is -2.25. The molecule has 0 fully saturated rings. The maximum atomic E-state index is 13.0. The number of amides is 1. The molecule has 1 aromatic heterocycles. The van der Waals surface area contributed by atoms with E-state index in [0.29, 0.717) is 16.5 Å². The first kappa shape index (κ1) is 14.5. The fourth-order valence-electron chi connectivity index (χ4n) is 3.21. The summed E-state index contributed by atoms with van der Waals surface area (Å²) >= 11 is 0. The van der Waals surface area contributed by atoms with E-state index in [9.17, 15) is 9.59 Å². The summed E-state index contributed by atoms with van der Waals surface area (Å²) in [4.78, 5) is 27.1. The van der Waals surface area contributed by atoms with Crippen molar-refractivity contribution in [3.05, 3.63) is 75.6 Å². The quantitative estimate of drug-likeness (QED) is 0.728. The van der Waals surface area contributed by atoms with E-state index in [4.69, 9.17) is 9.15 Å². The highest BCUT2D eigenvalue weighted by molar-refractivity contribution is 5.98. The topological polar surface area (TPSA) is 59.8 Å². The Kier molecular flexibility index (Phi) is 3.16. The largest absolute Gasteiger partial charge is 0.497 e. The summed E-state index contributed by atoms with van der Waals surface area (Å²) in [6.45, 7) is 0. The van der Waals surface area contributed by atoms with Gasteiger partial charge < -0.3 is 14.1 Å². The van der Waals surface area contributed by atoms with Crippen LogP contribution >= 0.6 is 0 Å². The van der Waals surface area contributed by atoms with Crippen LogP contribution in [0.25, 0.3) is 11.0 Å². The molecule has 0 aliphatic carbocycles. The molecule has 0 radical (unpaired) electrons. The molecule has 3 aromatic rings. The minimum atomic E-state index is -0.459. The average molecular weight is 321 g/mol. The summed E-state index contributed by atoms with van der Waals surface area (Å²) < 4.78 is 10.9. The zero-order chi connectivity index (χ0) is 16.8. The van der Waals surface area contributed by atoms with E-state index in [1.165, 1.54) is 4.90 Å². The highest BCUT2D eigenvalue weighted by Gasteiger charge is 2.40. The van der Waals surface area contributed by atoms with Crippen LogP contribution in [0.1, 0.15) is 27.7 Å². The molecule has 0 saturated heterocycles. The van der Waals surface area contributed by atoms with Crippen molar-refractivity contribution >= 4 is 16.9 Å². The van der Waals surface area contributed by atoms with Gasteiger partial charge in [0.1, 0.15) is 11.3 Å². The smallest absolute Gasteiger partial charge is 0.290 e. The second-order valence-electron chi connectivity index (χ2n) is 5.76. The summed E-state index contributed by atoms with van der Waals surface area (Å²) in [7, 11) is 3.27. The van der Waals surface area contributed by atoms with E-state index in [1.54, 1.807) is 38.4 Å². The molecular formula is C19H15NO4. The first-order chi connectivity index (χ1) is 11.6. The molecule has 0 saturated carbocycles. The highest BCUT2D eigenvalue weighted by atomic mass is 16.5. The van der Waals surface area contributed by atoms with Gasteiger partial charge in [-0.15, -0.1) is 0 Å². The van der Waals surface area contributed by atoms with Gasteiger partial charge in [-0.25, -0.2) is 0 Å². The Balaban J connectivity index is 1.97. The molecule has 0 N–H and O–H groups in total. The molecular weight excluding hydrogens is 306 g/mol. The third kappa shape index (κ3) is 1.94. The number of hydrogen-bond acceptors (Lipinski definition) is 4. The van der Waals surface area contributed by atoms with Crippen molar-refractivity contribution in [3.8, 4) is 5.75 Å². The third-order valence-corrected chi connectivity index (χ3v) is 4.44. The van der Waals surface area contributed by atoms with Gasteiger partial charge >= 0.3 is 0 Å². The molecule has 0 bridgehead atoms. The Hall–Kier alpha value is -3.08. The molecule has 4 rings (SSSR count). The fraction of sp³-hybridized carbons (Fsp3) is 0.158. The van der Waals surface area contributed by atoms with Crippen LogP contribution in [0, 0.1) is 0 Å². The Labute approximate surface area is 138 Å². The van der Waals surface area contributed by atoms with Gasteiger partial charge in [0.2, 0.25) is 5.76 Å². The van der Waals surface area contributed by atoms with Gasteiger partial charge in [-0.1, -0.05) is 24.3 Å². The summed E-state index contributed by atoms with van der Waals surface area (Å²) in [6.07, 6.45) is 0. The highest BCUT2D eigenvalue weighted by Crippen LogP contribution is 2.37. The normalized spacial score (nSPS) is 16.5. The van der Waals surface area contributed by atoms with Gasteiger partial charge in [0.15, 0.2) is 5.43 Å². The minimum absolute atomic E-state index is 0.127. The van der Waals surface area contributed by atoms with Crippen molar-refractivity contribution < 1.29 is 13.9 Å². The molecule has 2 aromatic carbocycles. The van der Waals surface area contributed by atoms with Crippen molar-refractivity contribution in [2.24, 2.45) is 0 Å². The van der Waals surface area contributed by atoms with Crippen LogP contribution in [-0.4, -0.2) is 25.0 Å². The van der Waals surface area contributed by atoms with Crippen LogP contribution < -0.4 is 10.2 Å². The van der Waals surface area contributed by atoms with Crippen molar-refractivity contribution in [1.82, 2.24) is 4.90 Å². The van der Waals surface area contributed by atoms with Crippen molar-refractivity contribution in [2.45, 2.75) is 6.04 Å². The SMILES string of the molecule is COc1ccc([C@H]2c3c(oc4ccccc4c3=O)C(=O)N2C)cc1. The molecule has 24 heavy (non-hydrogen) atoms. The second kappa shape index (κ2) is 5.23. The maximum absolute atomic E-state index is 13.0. The van der Waals surface area contributed by atoms with Gasteiger partial charge in [-0.05, 0) is 29.8 Å². The second-order valence-corrected chi connectivity index (χ2v) is 5.76. The monoisotopic (exact) mass is 321 g/mol. The number of fused-ring (bicyclic) bond motifs is 2. The van der Waals surface area contributed by atoms with Crippen molar-refractivity contribution in [1.29, 1.82) is 0 Å². The molecule has 5 heteroatoms. The lowest BCUT2D eigenvalue weighted by Gasteiger charge is -2.20. The van der Waals surface area contributed by atoms with Crippen LogP contribution in [-0.2, 0) is 0 Å². The predicted octanol–water partition coefficient (Wildman–Crippen LogP) is 2.98. The van der Waals surface area contributed by atoms with E-state index in [1.807, 2.05) is 24.3 Å². The minimum Gasteiger partial charge on any atom is -0.497 e. The van der Waals surface area contributed by atoms with Crippen LogP contribution in [0.4, 0.5) is 0 Å². The molecule has 120 valence electrons.